The Hall–Kier alpha value is -2.61. The number of rotatable bonds is 10. The number of nitrogens with zero attached hydrogens (tertiary/aromatic N) is 2. The van der Waals surface area contributed by atoms with E-state index >= 15 is 0 Å². The molecule has 13 heteroatoms. The fraction of sp³-hybridized carbons (Fsp3) is 0.407. The van der Waals surface area contributed by atoms with E-state index in [0.717, 1.165) is 30.9 Å². The number of nitrogens with one attached hydrogen (secondary N) is 1. The topological polar surface area (TPSA) is 97.1 Å². The summed E-state index contributed by atoms with van der Waals surface area (Å²) in [6.45, 7) is 3.38. The maximum absolute atomic E-state index is 13.4. The molecule has 0 radical (unpaired) electrons. The molecule has 2 amide bonds. The molecular formula is C27H30ClF3N4O4S. The first-order chi connectivity index (χ1) is 19.1. The van der Waals surface area contributed by atoms with Gasteiger partial charge in [-0.1, -0.05) is 23.7 Å². The summed E-state index contributed by atoms with van der Waals surface area (Å²) in [5, 5.41) is 2.65. The third-order valence-electron chi connectivity index (χ3n) is 6.59. The molecule has 2 aromatic rings. The van der Waals surface area contributed by atoms with E-state index in [1.165, 1.54) is 17.0 Å². The number of ether oxygens (including phenoxy) is 2. The standard InChI is InChI=1S/C27H30ClF3N4O4S/c1-38-8-6-34-7-9-39-21(15-34)16-35-25(36)24(40-26(35)37)11-17-2-5-23(19(10-17)13-32)33-14-18-3-4-20(28)12-22(18)27(29,30)31/h2-5,10-12,21,33H,6-9,13-16,32H2,1H3/b24-11-/t21-/m0/s1. The lowest BCUT2D eigenvalue weighted by molar-refractivity contribution is -0.138. The molecule has 2 aliphatic heterocycles. The number of benzene rings is 2. The Morgan fingerprint density at radius 1 is 1.23 bits per heavy atom. The van der Waals surface area contributed by atoms with Crippen LogP contribution in [0.15, 0.2) is 41.3 Å². The van der Waals surface area contributed by atoms with Gasteiger partial charge in [-0.3, -0.25) is 19.4 Å². The zero-order chi connectivity index (χ0) is 28.9. The molecule has 0 bridgehead atoms. The highest BCUT2D eigenvalue weighted by atomic mass is 35.5. The summed E-state index contributed by atoms with van der Waals surface area (Å²) in [4.78, 5) is 29.4. The maximum Gasteiger partial charge on any atom is 0.416 e. The second kappa shape index (κ2) is 13.4. The van der Waals surface area contributed by atoms with E-state index in [1.807, 2.05) is 0 Å². The number of carbonyl (C=O) groups is 2. The first-order valence-corrected chi connectivity index (χ1v) is 13.8. The summed E-state index contributed by atoms with van der Waals surface area (Å²) in [5.74, 6) is -0.397. The number of amides is 2. The Kier molecular flexibility index (Phi) is 10.1. The highest BCUT2D eigenvalue weighted by molar-refractivity contribution is 8.18. The lowest BCUT2D eigenvalue weighted by Crippen LogP contribution is -2.49. The highest BCUT2D eigenvalue weighted by Gasteiger charge is 2.37. The molecule has 0 aromatic heterocycles. The molecule has 0 unspecified atom stereocenters. The van der Waals surface area contributed by atoms with Gasteiger partial charge in [-0.05, 0) is 58.8 Å². The number of anilines is 1. The largest absolute Gasteiger partial charge is 0.416 e. The van der Waals surface area contributed by atoms with E-state index in [0.29, 0.717) is 36.6 Å². The number of halogens is 4. The van der Waals surface area contributed by atoms with Crippen LogP contribution in [0.4, 0.5) is 23.7 Å². The van der Waals surface area contributed by atoms with E-state index in [4.69, 9.17) is 26.8 Å². The van der Waals surface area contributed by atoms with Crippen molar-refractivity contribution in [3.63, 3.8) is 0 Å². The summed E-state index contributed by atoms with van der Waals surface area (Å²) < 4.78 is 51.2. The molecule has 2 heterocycles. The van der Waals surface area contributed by atoms with Gasteiger partial charge in [0.2, 0.25) is 0 Å². The fourth-order valence-electron chi connectivity index (χ4n) is 4.53. The van der Waals surface area contributed by atoms with Gasteiger partial charge in [0.1, 0.15) is 0 Å². The van der Waals surface area contributed by atoms with E-state index in [1.54, 1.807) is 31.4 Å². The van der Waals surface area contributed by atoms with Crippen molar-refractivity contribution in [3.8, 4) is 0 Å². The molecule has 216 valence electrons. The van der Waals surface area contributed by atoms with Gasteiger partial charge in [-0.15, -0.1) is 0 Å². The molecular weight excluding hydrogens is 569 g/mol. The lowest BCUT2D eigenvalue weighted by Gasteiger charge is -2.33. The van der Waals surface area contributed by atoms with Gasteiger partial charge in [-0.25, -0.2) is 0 Å². The smallest absolute Gasteiger partial charge is 0.383 e. The van der Waals surface area contributed by atoms with Crippen molar-refractivity contribution in [2.45, 2.75) is 25.4 Å². The van der Waals surface area contributed by atoms with Crippen molar-refractivity contribution >= 4 is 46.3 Å². The third kappa shape index (κ3) is 7.56. The van der Waals surface area contributed by atoms with Crippen molar-refractivity contribution in [2.24, 2.45) is 5.73 Å². The molecule has 4 rings (SSSR count). The Morgan fingerprint density at radius 3 is 2.75 bits per heavy atom. The van der Waals surface area contributed by atoms with Crippen LogP contribution in [0.25, 0.3) is 6.08 Å². The average Bonchev–Trinajstić information content (AvgIpc) is 3.18. The van der Waals surface area contributed by atoms with Crippen molar-refractivity contribution in [1.29, 1.82) is 0 Å². The number of carbonyl (C=O) groups excluding carboxylic acids is 2. The van der Waals surface area contributed by atoms with E-state index in [-0.39, 0.29) is 46.5 Å². The quantitative estimate of drug-likeness (QED) is 0.376. The summed E-state index contributed by atoms with van der Waals surface area (Å²) in [6, 6.07) is 8.77. The van der Waals surface area contributed by atoms with Crippen LogP contribution < -0.4 is 11.1 Å². The SMILES string of the molecule is COCCN1CCO[C@H](CN2C(=O)S/C(=C\c3ccc(NCc4ccc(Cl)cc4C(F)(F)F)c(CN)c3)C2=O)C1. The number of thioether (sulfide) groups is 1. The van der Waals surface area contributed by atoms with Gasteiger partial charge in [0.05, 0.1) is 36.3 Å². The van der Waals surface area contributed by atoms with Gasteiger partial charge >= 0.3 is 6.18 Å². The van der Waals surface area contributed by atoms with Gasteiger partial charge in [0, 0.05) is 50.5 Å². The fourth-order valence-corrected chi connectivity index (χ4v) is 5.55. The minimum atomic E-state index is -4.54. The first-order valence-electron chi connectivity index (χ1n) is 12.6. The highest BCUT2D eigenvalue weighted by Crippen LogP contribution is 2.35. The van der Waals surface area contributed by atoms with Crippen LogP contribution >= 0.6 is 23.4 Å². The number of imide groups is 1. The van der Waals surface area contributed by atoms with Gasteiger partial charge in [0.25, 0.3) is 11.1 Å². The Labute approximate surface area is 239 Å². The average molecular weight is 599 g/mol. The lowest BCUT2D eigenvalue weighted by atomic mass is 10.1. The van der Waals surface area contributed by atoms with Crippen LogP contribution in [0.5, 0.6) is 0 Å². The number of nitrogens with two attached hydrogens (primary N) is 1. The predicted octanol–water partition coefficient (Wildman–Crippen LogP) is 4.81. The third-order valence-corrected chi connectivity index (χ3v) is 7.73. The Balaban J connectivity index is 1.43. The normalized spacial score (nSPS) is 19.6. The van der Waals surface area contributed by atoms with Crippen molar-refractivity contribution in [2.75, 3.05) is 51.8 Å². The number of morpholine rings is 1. The molecule has 8 nitrogen and oxygen atoms in total. The van der Waals surface area contributed by atoms with Crippen molar-refractivity contribution in [1.82, 2.24) is 9.80 Å². The molecule has 2 aromatic carbocycles. The van der Waals surface area contributed by atoms with Gasteiger partial charge in [-0.2, -0.15) is 13.2 Å². The zero-order valence-electron chi connectivity index (χ0n) is 21.8. The monoisotopic (exact) mass is 598 g/mol. The van der Waals surface area contributed by atoms with Crippen molar-refractivity contribution in [3.05, 3.63) is 68.6 Å². The minimum Gasteiger partial charge on any atom is -0.383 e. The van der Waals surface area contributed by atoms with E-state index in [9.17, 15) is 22.8 Å². The Morgan fingerprint density at radius 2 is 2.02 bits per heavy atom. The molecule has 0 saturated carbocycles. The van der Waals surface area contributed by atoms with Crippen LogP contribution in [0.3, 0.4) is 0 Å². The number of hydrogen-bond acceptors (Lipinski definition) is 8. The maximum atomic E-state index is 13.4. The number of methoxy groups -OCH3 is 1. The first kappa shape index (κ1) is 30.4. The van der Waals surface area contributed by atoms with Crippen LogP contribution in [0.1, 0.15) is 22.3 Å². The summed E-state index contributed by atoms with van der Waals surface area (Å²) in [5.41, 5.74) is 6.98. The second-order valence-corrected chi connectivity index (χ2v) is 10.8. The summed E-state index contributed by atoms with van der Waals surface area (Å²) in [6.07, 6.45) is -3.22. The number of hydrogen-bond donors (Lipinski definition) is 2. The molecule has 2 saturated heterocycles. The molecule has 2 fully saturated rings. The van der Waals surface area contributed by atoms with Gasteiger partial charge in [0.15, 0.2) is 0 Å². The van der Waals surface area contributed by atoms with E-state index in [2.05, 4.69) is 10.2 Å². The molecule has 2 aliphatic rings. The summed E-state index contributed by atoms with van der Waals surface area (Å²) >= 11 is 6.63. The molecule has 40 heavy (non-hydrogen) atoms. The molecule has 0 aliphatic carbocycles. The second-order valence-electron chi connectivity index (χ2n) is 9.35. The van der Waals surface area contributed by atoms with Crippen LogP contribution in [0.2, 0.25) is 5.02 Å². The van der Waals surface area contributed by atoms with Crippen LogP contribution in [-0.4, -0.2) is 73.6 Å². The zero-order valence-corrected chi connectivity index (χ0v) is 23.4. The Bertz CT molecular complexity index is 1280. The van der Waals surface area contributed by atoms with Crippen LogP contribution in [-0.2, 0) is 33.5 Å². The number of alkyl halides is 3. The predicted molar refractivity (Wildman–Crippen MR) is 149 cm³/mol. The minimum absolute atomic E-state index is 0.00260. The van der Waals surface area contributed by atoms with Gasteiger partial charge < -0.3 is 20.5 Å². The summed E-state index contributed by atoms with van der Waals surface area (Å²) in [7, 11) is 1.64. The van der Waals surface area contributed by atoms with Crippen LogP contribution in [0, 0.1) is 0 Å². The van der Waals surface area contributed by atoms with E-state index < -0.39 is 17.6 Å². The molecule has 0 spiro atoms. The molecule has 3 N–H and O–H groups in total. The molecule has 1 atom stereocenters. The van der Waals surface area contributed by atoms with Crippen molar-refractivity contribution < 1.29 is 32.2 Å².